The number of aliphatic imine (C=N–C) groups is 1. The zero-order chi connectivity index (χ0) is 15.8. The Labute approximate surface area is 155 Å². The van der Waals surface area contributed by atoms with E-state index >= 15 is 0 Å². The summed E-state index contributed by atoms with van der Waals surface area (Å²) in [6.45, 7) is 3.39. The monoisotopic (exact) mass is 435 g/mol. The molecule has 0 amide bonds. The van der Waals surface area contributed by atoms with Crippen LogP contribution in [0.1, 0.15) is 44.3 Å². The van der Waals surface area contributed by atoms with E-state index < -0.39 is 0 Å². The molecule has 1 aromatic rings. The molecule has 1 fully saturated rings. The van der Waals surface area contributed by atoms with Crippen LogP contribution in [0.4, 0.5) is 4.39 Å². The minimum atomic E-state index is -0.238. The molecule has 1 aromatic carbocycles. The highest BCUT2D eigenvalue weighted by Crippen LogP contribution is 2.19. The number of hydrogen-bond donors (Lipinski definition) is 2. The average molecular weight is 435 g/mol. The van der Waals surface area contributed by atoms with Gasteiger partial charge in [-0.2, -0.15) is 0 Å². The zero-order valence-electron chi connectivity index (χ0n) is 13.8. The number of benzene rings is 1. The first-order valence-electron chi connectivity index (χ1n) is 8.06. The summed E-state index contributed by atoms with van der Waals surface area (Å²) in [5, 5.41) is 6.75. The number of ether oxygens (including phenoxy) is 1. The van der Waals surface area contributed by atoms with E-state index in [0.717, 1.165) is 18.1 Å². The molecule has 0 bridgehead atoms. The third-order valence-corrected chi connectivity index (χ3v) is 3.98. The highest BCUT2D eigenvalue weighted by atomic mass is 127. The van der Waals surface area contributed by atoms with Gasteiger partial charge in [0.1, 0.15) is 11.9 Å². The van der Waals surface area contributed by atoms with Gasteiger partial charge in [-0.25, -0.2) is 4.39 Å². The number of nitrogens with one attached hydrogen (secondary N) is 2. The van der Waals surface area contributed by atoms with Crippen molar-refractivity contribution in [1.29, 1.82) is 0 Å². The minimum absolute atomic E-state index is 0. The lowest BCUT2D eigenvalue weighted by Gasteiger charge is -2.18. The Morgan fingerprint density at radius 3 is 2.52 bits per heavy atom. The van der Waals surface area contributed by atoms with Crippen molar-refractivity contribution in [3.05, 3.63) is 35.6 Å². The van der Waals surface area contributed by atoms with Crippen molar-refractivity contribution < 1.29 is 9.13 Å². The van der Waals surface area contributed by atoms with E-state index in [2.05, 4.69) is 22.5 Å². The smallest absolute Gasteiger partial charge is 0.191 e. The van der Waals surface area contributed by atoms with E-state index in [1.807, 2.05) is 0 Å². The topological polar surface area (TPSA) is 45.7 Å². The maximum Gasteiger partial charge on any atom is 0.191 e. The average Bonchev–Trinajstić information content (AvgIpc) is 3.02. The molecule has 2 N–H and O–H groups in total. The Morgan fingerprint density at radius 1 is 1.30 bits per heavy atom. The quantitative estimate of drug-likeness (QED) is 0.408. The van der Waals surface area contributed by atoms with Gasteiger partial charge in [0.05, 0.1) is 6.54 Å². The number of methoxy groups -OCH3 is 1. The summed E-state index contributed by atoms with van der Waals surface area (Å²) in [7, 11) is 1.65. The normalized spacial score (nSPS) is 16.7. The molecule has 1 atom stereocenters. The predicted molar refractivity (Wildman–Crippen MR) is 103 cm³/mol. The Bertz CT molecular complexity index is 475. The van der Waals surface area contributed by atoms with Crippen molar-refractivity contribution >= 4 is 29.9 Å². The molecule has 6 heteroatoms. The van der Waals surface area contributed by atoms with Gasteiger partial charge in [-0.3, -0.25) is 4.99 Å². The van der Waals surface area contributed by atoms with Gasteiger partial charge in [0.15, 0.2) is 5.96 Å². The van der Waals surface area contributed by atoms with Crippen LogP contribution in [0.5, 0.6) is 0 Å². The standard InChI is InChI=1S/C17H26FN3O.HI/c1-3-19-17(21-15-6-4-5-7-15)20-12-16(22-2)13-8-10-14(18)11-9-13;/h8-11,15-16H,3-7,12H2,1-2H3,(H2,19,20,21);1H. The van der Waals surface area contributed by atoms with Crippen molar-refractivity contribution in [3.8, 4) is 0 Å². The third-order valence-electron chi connectivity index (χ3n) is 3.98. The summed E-state index contributed by atoms with van der Waals surface area (Å²) in [5.74, 6) is 0.594. The Balaban J connectivity index is 0.00000264. The molecular formula is C17H27FIN3O. The fraction of sp³-hybridized carbons (Fsp3) is 0.588. The second-order valence-electron chi connectivity index (χ2n) is 5.62. The van der Waals surface area contributed by atoms with Crippen LogP contribution in [0.15, 0.2) is 29.3 Å². The van der Waals surface area contributed by atoms with Crippen molar-refractivity contribution in [2.24, 2.45) is 4.99 Å². The molecule has 130 valence electrons. The van der Waals surface area contributed by atoms with Crippen LogP contribution in [-0.2, 0) is 4.74 Å². The van der Waals surface area contributed by atoms with E-state index in [0.29, 0.717) is 12.6 Å². The van der Waals surface area contributed by atoms with E-state index in [4.69, 9.17) is 4.74 Å². The van der Waals surface area contributed by atoms with Crippen molar-refractivity contribution in [2.45, 2.75) is 44.8 Å². The maximum absolute atomic E-state index is 13.0. The van der Waals surface area contributed by atoms with Gasteiger partial charge >= 0.3 is 0 Å². The number of nitrogens with zero attached hydrogens (tertiary/aromatic N) is 1. The number of hydrogen-bond acceptors (Lipinski definition) is 2. The van der Waals surface area contributed by atoms with Gasteiger partial charge in [-0.1, -0.05) is 25.0 Å². The van der Waals surface area contributed by atoms with Crippen LogP contribution in [0.2, 0.25) is 0 Å². The van der Waals surface area contributed by atoms with Gasteiger partial charge in [0.25, 0.3) is 0 Å². The molecule has 0 aromatic heterocycles. The van der Waals surface area contributed by atoms with Gasteiger partial charge in [-0.15, -0.1) is 24.0 Å². The molecule has 0 saturated heterocycles. The molecule has 2 rings (SSSR count). The summed E-state index contributed by atoms with van der Waals surface area (Å²) in [5.41, 5.74) is 0.935. The molecule has 0 aliphatic heterocycles. The highest BCUT2D eigenvalue weighted by molar-refractivity contribution is 14.0. The summed E-state index contributed by atoms with van der Waals surface area (Å²) in [6, 6.07) is 6.91. The van der Waals surface area contributed by atoms with Crippen LogP contribution >= 0.6 is 24.0 Å². The second-order valence-corrected chi connectivity index (χ2v) is 5.62. The van der Waals surface area contributed by atoms with Gasteiger partial charge < -0.3 is 15.4 Å². The van der Waals surface area contributed by atoms with Gasteiger partial charge in [-0.05, 0) is 37.5 Å². The fourth-order valence-electron chi connectivity index (χ4n) is 2.75. The number of halogens is 2. The van der Waals surface area contributed by atoms with E-state index in [1.54, 1.807) is 19.2 Å². The lowest BCUT2D eigenvalue weighted by Crippen LogP contribution is -2.42. The van der Waals surface area contributed by atoms with Crippen LogP contribution < -0.4 is 10.6 Å². The Kier molecular flexibility index (Phi) is 9.47. The highest BCUT2D eigenvalue weighted by Gasteiger charge is 2.16. The lowest BCUT2D eigenvalue weighted by atomic mass is 10.1. The first-order valence-corrected chi connectivity index (χ1v) is 8.06. The largest absolute Gasteiger partial charge is 0.375 e. The molecule has 1 saturated carbocycles. The van der Waals surface area contributed by atoms with E-state index in [1.165, 1.54) is 37.8 Å². The van der Waals surface area contributed by atoms with Crippen LogP contribution in [0, 0.1) is 5.82 Å². The molecule has 4 nitrogen and oxygen atoms in total. The number of rotatable bonds is 6. The molecule has 23 heavy (non-hydrogen) atoms. The molecular weight excluding hydrogens is 408 g/mol. The SMILES string of the molecule is CCNC(=NCC(OC)c1ccc(F)cc1)NC1CCCC1.I. The molecule has 0 radical (unpaired) electrons. The zero-order valence-corrected chi connectivity index (χ0v) is 16.2. The summed E-state index contributed by atoms with van der Waals surface area (Å²) in [6.07, 6.45) is 4.81. The molecule has 1 unspecified atom stereocenters. The van der Waals surface area contributed by atoms with Gasteiger partial charge in [0.2, 0.25) is 0 Å². The van der Waals surface area contributed by atoms with Crippen LogP contribution in [0.25, 0.3) is 0 Å². The predicted octanol–water partition coefficient (Wildman–Crippen LogP) is 3.63. The summed E-state index contributed by atoms with van der Waals surface area (Å²) < 4.78 is 18.5. The molecule has 0 heterocycles. The summed E-state index contributed by atoms with van der Waals surface area (Å²) >= 11 is 0. The minimum Gasteiger partial charge on any atom is -0.375 e. The third kappa shape index (κ3) is 6.63. The number of guanidine groups is 1. The van der Waals surface area contributed by atoms with Crippen molar-refractivity contribution in [3.63, 3.8) is 0 Å². The first-order chi connectivity index (χ1) is 10.7. The molecule has 1 aliphatic carbocycles. The Hall–Kier alpha value is -0.890. The molecule has 0 spiro atoms. The summed E-state index contributed by atoms with van der Waals surface area (Å²) in [4.78, 5) is 4.62. The second kappa shape index (κ2) is 10.8. The van der Waals surface area contributed by atoms with Crippen molar-refractivity contribution in [1.82, 2.24) is 10.6 Å². The van der Waals surface area contributed by atoms with Crippen LogP contribution in [0.3, 0.4) is 0 Å². The van der Waals surface area contributed by atoms with Crippen molar-refractivity contribution in [2.75, 3.05) is 20.2 Å². The maximum atomic E-state index is 13.0. The van der Waals surface area contributed by atoms with E-state index in [9.17, 15) is 4.39 Å². The fourth-order valence-corrected chi connectivity index (χ4v) is 2.75. The van der Waals surface area contributed by atoms with Crippen LogP contribution in [-0.4, -0.2) is 32.2 Å². The Morgan fingerprint density at radius 2 is 1.96 bits per heavy atom. The van der Waals surface area contributed by atoms with Gasteiger partial charge in [0, 0.05) is 19.7 Å². The molecule has 1 aliphatic rings. The van der Waals surface area contributed by atoms with E-state index in [-0.39, 0.29) is 35.9 Å². The lowest BCUT2D eigenvalue weighted by molar-refractivity contribution is 0.111. The first kappa shape index (κ1) is 20.2.